The number of amides is 1. The molecule has 1 aliphatic rings. The van der Waals surface area contributed by atoms with Gasteiger partial charge in [-0.25, -0.2) is 0 Å². The first-order valence-corrected chi connectivity index (χ1v) is 7.64. The maximum absolute atomic E-state index is 12.6. The van der Waals surface area contributed by atoms with Crippen LogP contribution < -0.4 is 10.1 Å². The summed E-state index contributed by atoms with van der Waals surface area (Å²) in [6.45, 7) is 3.95. The summed E-state index contributed by atoms with van der Waals surface area (Å²) in [6, 6.07) is 11.3. The third kappa shape index (κ3) is 3.46. The number of anilines is 1. The standard InChI is InChI=1S/C19H16ClNO2/c1-12-3-4-13(2)17(9-12)21-19(22)14-7-8-23-18-6-5-16(20)11-15(18)10-14/h3-11H,1-2H3,(H,21,22). The fourth-order valence-electron chi connectivity index (χ4n) is 2.34. The van der Waals surface area contributed by atoms with Gasteiger partial charge in [0.15, 0.2) is 0 Å². The van der Waals surface area contributed by atoms with E-state index in [4.69, 9.17) is 16.3 Å². The first-order chi connectivity index (χ1) is 11.0. The minimum atomic E-state index is -0.189. The number of rotatable bonds is 2. The van der Waals surface area contributed by atoms with Gasteiger partial charge in [-0.15, -0.1) is 0 Å². The molecule has 0 spiro atoms. The van der Waals surface area contributed by atoms with E-state index in [2.05, 4.69) is 5.32 Å². The lowest BCUT2D eigenvalue weighted by Crippen LogP contribution is -2.14. The molecule has 116 valence electrons. The molecule has 0 aromatic heterocycles. The van der Waals surface area contributed by atoms with Crippen LogP contribution >= 0.6 is 11.6 Å². The summed E-state index contributed by atoms with van der Waals surface area (Å²) in [5.41, 5.74) is 4.19. The molecule has 0 aliphatic carbocycles. The Morgan fingerprint density at radius 3 is 2.78 bits per heavy atom. The molecule has 23 heavy (non-hydrogen) atoms. The van der Waals surface area contributed by atoms with Crippen molar-refractivity contribution in [2.75, 3.05) is 5.32 Å². The molecule has 1 aliphatic heterocycles. The number of hydrogen-bond donors (Lipinski definition) is 1. The number of aryl methyl sites for hydroxylation is 2. The molecule has 0 radical (unpaired) electrons. The van der Waals surface area contributed by atoms with Crippen molar-refractivity contribution in [3.8, 4) is 5.75 Å². The Hall–Kier alpha value is -2.52. The highest BCUT2D eigenvalue weighted by Crippen LogP contribution is 2.28. The Labute approximate surface area is 140 Å². The predicted molar refractivity (Wildman–Crippen MR) is 93.7 cm³/mol. The van der Waals surface area contributed by atoms with Gasteiger partial charge in [0, 0.05) is 21.8 Å². The number of carbonyl (C=O) groups excluding carboxylic acids is 1. The van der Waals surface area contributed by atoms with Crippen molar-refractivity contribution in [2.24, 2.45) is 0 Å². The number of fused-ring (bicyclic) bond motifs is 1. The summed E-state index contributed by atoms with van der Waals surface area (Å²) in [7, 11) is 0. The van der Waals surface area contributed by atoms with Crippen LogP contribution in [0.5, 0.6) is 5.75 Å². The number of ether oxygens (including phenoxy) is 1. The zero-order valence-electron chi connectivity index (χ0n) is 12.9. The maximum atomic E-state index is 12.6. The van der Waals surface area contributed by atoms with Crippen LogP contribution in [0.2, 0.25) is 5.02 Å². The molecule has 1 amide bonds. The minimum absolute atomic E-state index is 0.189. The average Bonchev–Trinajstić information content (AvgIpc) is 2.72. The monoisotopic (exact) mass is 325 g/mol. The molecule has 4 heteroatoms. The lowest BCUT2D eigenvalue weighted by molar-refractivity contribution is -0.112. The SMILES string of the molecule is Cc1ccc(C)c(NC(=O)C2=Cc3cc(Cl)ccc3OC=C2)c1. The normalized spacial score (nSPS) is 12.7. The van der Waals surface area contributed by atoms with Gasteiger partial charge in [0.25, 0.3) is 5.91 Å². The number of nitrogens with one attached hydrogen (secondary N) is 1. The van der Waals surface area contributed by atoms with Crippen molar-refractivity contribution in [1.29, 1.82) is 0 Å². The van der Waals surface area contributed by atoms with Crippen LogP contribution in [0, 0.1) is 13.8 Å². The number of halogens is 1. The van der Waals surface area contributed by atoms with Gasteiger partial charge >= 0.3 is 0 Å². The second kappa shape index (κ2) is 6.31. The summed E-state index contributed by atoms with van der Waals surface area (Å²) >= 11 is 6.02. The van der Waals surface area contributed by atoms with Crippen molar-refractivity contribution in [3.05, 3.63) is 76.0 Å². The molecule has 0 fully saturated rings. The van der Waals surface area contributed by atoms with E-state index in [0.29, 0.717) is 16.3 Å². The van der Waals surface area contributed by atoms with E-state index in [1.165, 1.54) is 6.26 Å². The van der Waals surface area contributed by atoms with Crippen molar-refractivity contribution in [2.45, 2.75) is 13.8 Å². The first-order valence-electron chi connectivity index (χ1n) is 7.26. The summed E-state index contributed by atoms with van der Waals surface area (Å²) in [5, 5.41) is 3.54. The van der Waals surface area contributed by atoms with Crippen LogP contribution in [0.1, 0.15) is 16.7 Å². The first kappa shape index (κ1) is 15.4. The second-order valence-corrected chi connectivity index (χ2v) is 5.91. The van der Waals surface area contributed by atoms with Crippen molar-refractivity contribution in [3.63, 3.8) is 0 Å². The average molecular weight is 326 g/mol. The lowest BCUT2D eigenvalue weighted by atomic mass is 10.1. The summed E-state index contributed by atoms with van der Waals surface area (Å²) in [5.74, 6) is 0.478. The molecule has 3 nitrogen and oxygen atoms in total. The van der Waals surface area contributed by atoms with Crippen LogP contribution in [0.15, 0.2) is 54.3 Å². The van der Waals surface area contributed by atoms with Crippen molar-refractivity contribution >= 4 is 29.3 Å². The number of hydrogen-bond acceptors (Lipinski definition) is 2. The van der Waals surface area contributed by atoms with Gasteiger partial charge < -0.3 is 10.1 Å². The third-order valence-corrected chi connectivity index (χ3v) is 3.86. The molecule has 1 N–H and O–H groups in total. The fraction of sp³-hybridized carbons (Fsp3) is 0.105. The van der Waals surface area contributed by atoms with Gasteiger partial charge in [0.1, 0.15) is 5.75 Å². The van der Waals surface area contributed by atoms with E-state index in [-0.39, 0.29) is 5.91 Å². The molecule has 0 saturated heterocycles. The van der Waals surface area contributed by atoms with Crippen molar-refractivity contribution < 1.29 is 9.53 Å². The summed E-state index contributed by atoms with van der Waals surface area (Å²) in [4.78, 5) is 12.6. The van der Waals surface area contributed by atoms with Gasteiger partial charge in [-0.05, 0) is 61.4 Å². The topological polar surface area (TPSA) is 38.3 Å². The minimum Gasteiger partial charge on any atom is -0.464 e. The molecule has 3 rings (SSSR count). The van der Waals surface area contributed by atoms with Crippen LogP contribution in [0.25, 0.3) is 6.08 Å². The van der Waals surface area contributed by atoms with Crippen molar-refractivity contribution in [1.82, 2.24) is 0 Å². The molecule has 1 heterocycles. The molecule has 0 saturated carbocycles. The van der Waals surface area contributed by atoms with E-state index in [1.54, 1.807) is 30.4 Å². The zero-order chi connectivity index (χ0) is 16.4. The Balaban J connectivity index is 1.91. The Morgan fingerprint density at radius 1 is 1.13 bits per heavy atom. The molecule has 0 atom stereocenters. The summed E-state index contributed by atoms with van der Waals surface area (Å²) < 4.78 is 5.51. The van der Waals surface area contributed by atoms with Gasteiger partial charge in [0.2, 0.25) is 0 Å². The van der Waals surface area contributed by atoms with E-state index >= 15 is 0 Å². The molecular formula is C19H16ClNO2. The number of carbonyl (C=O) groups is 1. The van der Waals surface area contributed by atoms with Gasteiger partial charge in [0.05, 0.1) is 6.26 Å². The zero-order valence-corrected chi connectivity index (χ0v) is 13.6. The highest BCUT2D eigenvalue weighted by molar-refractivity contribution is 6.30. The second-order valence-electron chi connectivity index (χ2n) is 5.47. The maximum Gasteiger partial charge on any atom is 0.255 e. The predicted octanol–water partition coefficient (Wildman–Crippen LogP) is 4.89. The smallest absolute Gasteiger partial charge is 0.255 e. The molecule has 0 bridgehead atoms. The Morgan fingerprint density at radius 2 is 1.96 bits per heavy atom. The van der Waals surface area contributed by atoms with Crippen LogP contribution in [0.3, 0.4) is 0 Å². The van der Waals surface area contributed by atoms with Gasteiger partial charge in [-0.3, -0.25) is 4.79 Å². The summed E-state index contributed by atoms with van der Waals surface area (Å²) in [6.07, 6.45) is 4.92. The van der Waals surface area contributed by atoms with Gasteiger partial charge in [-0.1, -0.05) is 23.7 Å². The van der Waals surface area contributed by atoms with Gasteiger partial charge in [-0.2, -0.15) is 0 Å². The lowest BCUT2D eigenvalue weighted by Gasteiger charge is -2.09. The Bertz CT molecular complexity index is 837. The van der Waals surface area contributed by atoms with Crippen LogP contribution in [-0.2, 0) is 4.79 Å². The quantitative estimate of drug-likeness (QED) is 0.854. The third-order valence-electron chi connectivity index (χ3n) is 3.63. The van der Waals surface area contributed by atoms with E-state index in [1.807, 2.05) is 32.0 Å². The molecular weight excluding hydrogens is 310 g/mol. The van der Waals surface area contributed by atoms with E-state index < -0.39 is 0 Å². The molecule has 2 aromatic carbocycles. The van der Waals surface area contributed by atoms with E-state index in [0.717, 1.165) is 22.4 Å². The highest BCUT2D eigenvalue weighted by Gasteiger charge is 2.13. The van der Waals surface area contributed by atoms with Crippen LogP contribution in [0.4, 0.5) is 5.69 Å². The number of benzene rings is 2. The fourth-order valence-corrected chi connectivity index (χ4v) is 2.52. The molecule has 2 aromatic rings. The molecule has 0 unspecified atom stereocenters. The van der Waals surface area contributed by atoms with E-state index in [9.17, 15) is 4.79 Å². The largest absolute Gasteiger partial charge is 0.464 e. The van der Waals surface area contributed by atoms with Crippen LogP contribution in [-0.4, -0.2) is 5.91 Å². The highest BCUT2D eigenvalue weighted by atomic mass is 35.5. The Kier molecular flexibility index (Phi) is 4.22.